The predicted octanol–water partition coefficient (Wildman–Crippen LogP) is 1.76. The van der Waals surface area contributed by atoms with Crippen molar-refractivity contribution in [1.82, 2.24) is 10.2 Å². The second-order valence-electron chi connectivity index (χ2n) is 3.45. The molecule has 12 heavy (non-hydrogen) atoms. The molecule has 0 aromatic carbocycles. The second kappa shape index (κ2) is 4.65. The Morgan fingerprint density at radius 2 is 2.08 bits per heavy atom. The topological polar surface area (TPSA) is 15.3 Å². The summed E-state index contributed by atoms with van der Waals surface area (Å²) in [5.74, 6) is 0. The summed E-state index contributed by atoms with van der Waals surface area (Å²) in [5, 5.41) is 4.29. The lowest BCUT2D eigenvalue weighted by molar-refractivity contribution is 0.498. The fourth-order valence-corrected chi connectivity index (χ4v) is 1.79. The molecule has 1 saturated carbocycles. The van der Waals surface area contributed by atoms with Crippen LogP contribution < -0.4 is 5.32 Å². The first-order valence-electron chi connectivity index (χ1n) is 4.75. The van der Waals surface area contributed by atoms with Gasteiger partial charge in [-0.1, -0.05) is 12.8 Å². The second-order valence-corrected chi connectivity index (χ2v) is 3.83. The molecule has 1 N–H and O–H groups in total. The Balaban J connectivity index is 2.25. The van der Waals surface area contributed by atoms with Crippen molar-refractivity contribution in [3.05, 3.63) is 0 Å². The van der Waals surface area contributed by atoms with Crippen LogP contribution in [0.3, 0.4) is 0 Å². The minimum atomic E-state index is 0.645. The third kappa shape index (κ3) is 2.63. The van der Waals surface area contributed by atoms with E-state index in [-0.39, 0.29) is 0 Å². The van der Waals surface area contributed by atoms with E-state index in [4.69, 9.17) is 12.2 Å². The molecule has 0 unspecified atom stereocenters. The Morgan fingerprint density at radius 3 is 2.58 bits per heavy atom. The fraction of sp³-hybridized carbons (Fsp3) is 0.889. The van der Waals surface area contributed by atoms with Gasteiger partial charge in [-0.25, -0.2) is 0 Å². The van der Waals surface area contributed by atoms with E-state index in [2.05, 4.69) is 17.1 Å². The molecule has 70 valence electrons. The lowest BCUT2D eigenvalue weighted by Crippen LogP contribution is -2.41. The Morgan fingerprint density at radius 1 is 1.50 bits per heavy atom. The quantitative estimate of drug-likeness (QED) is 0.662. The molecule has 0 radical (unpaired) electrons. The van der Waals surface area contributed by atoms with E-state index in [1.54, 1.807) is 0 Å². The maximum absolute atomic E-state index is 5.23. The van der Waals surface area contributed by atoms with Gasteiger partial charge in [0.15, 0.2) is 5.11 Å². The number of hydrogen-bond donors (Lipinski definition) is 1. The van der Waals surface area contributed by atoms with Crippen LogP contribution >= 0.6 is 12.2 Å². The van der Waals surface area contributed by atoms with Crippen molar-refractivity contribution in [2.24, 2.45) is 0 Å². The van der Waals surface area contributed by atoms with Crippen molar-refractivity contribution in [2.45, 2.75) is 38.6 Å². The van der Waals surface area contributed by atoms with Gasteiger partial charge in [0.05, 0.1) is 0 Å². The van der Waals surface area contributed by atoms with Gasteiger partial charge in [-0.05, 0) is 32.0 Å². The van der Waals surface area contributed by atoms with Gasteiger partial charge in [0, 0.05) is 19.6 Å². The Hall–Kier alpha value is -0.310. The van der Waals surface area contributed by atoms with E-state index in [0.717, 1.165) is 11.7 Å². The van der Waals surface area contributed by atoms with E-state index in [0.29, 0.717) is 6.04 Å². The van der Waals surface area contributed by atoms with Gasteiger partial charge in [-0.2, -0.15) is 0 Å². The van der Waals surface area contributed by atoms with Crippen LogP contribution in [-0.2, 0) is 0 Å². The molecule has 0 amide bonds. The smallest absolute Gasteiger partial charge is 0.168 e. The lowest BCUT2D eigenvalue weighted by atomic mass is 10.2. The molecule has 0 aromatic heterocycles. The maximum atomic E-state index is 5.23. The van der Waals surface area contributed by atoms with Crippen LogP contribution in [0.25, 0.3) is 0 Å². The molecule has 0 heterocycles. The van der Waals surface area contributed by atoms with Gasteiger partial charge >= 0.3 is 0 Å². The summed E-state index contributed by atoms with van der Waals surface area (Å²) >= 11 is 5.23. The minimum Gasteiger partial charge on any atom is -0.360 e. The van der Waals surface area contributed by atoms with E-state index >= 15 is 0 Å². The van der Waals surface area contributed by atoms with Crippen LogP contribution in [0.4, 0.5) is 0 Å². The first-order chi connectivity index (χ1) is 5.74. The molecule has 1 aliphatic carbocycles. The van der Waals surface area contributed by atoms with Gasteiger partial charge in [0.2, 0.25) is 0 Å². The summed E-state index contributed by atoms with van der Waals surface area (Å²) in [4.78, 5) is 2.08. The largest absolute Gasteiger partial charge is 0.360 e. The van der Waals surface area contributed by atoms with Gasteiger partial charge in [-0.3, -0.25) is 0 Å². The van der Waals surface area contributed by atoms with Crippen molar-refractivity contribution in [3.63, 3.8) is 0 Å². The molecule has 1 aliphatic rings. The first kappa shape index (κ1) is 9.78. The summed E-state index contributed by atoms with van der Waals surface area (Å²) in [6, 6.07) is 0.645. The third-order valence-corrected chi connectivity index (χ3v) is 2.93. The van der Waals surface area contributed by atoms with Crippen LogP contribution in [0, 0.1) is 0 Å². The molecule has 0 atom stereocenters. The minimum absolute atomic E-state index is 0.645. The Kier molecular flexibility index (Phi) is 3.79. The predicted molar refractivity (Wildman–Crippen MR) is 56.3 cm³/mol. The highest BCUT2D eigenvalue weighted by Crippen LogP contribution is 2.17. The molecule has 0 aromatic rings. The SMILES string of the molecule is CCN(C)C(=S)NC1CCCC1. The van der Waals surface area contributed by atoms with Crippen LogP contribution in [0.15, 0.2) is 0 Å². The van der Waals surface area contributed by atoms with Crippen molar-refractivity contribution >= 4 is 17.3 Å². The number of nitrogens with one attached hydrogen (secondary N) is 1. The van der Waals surface area contributed by atoms with Crippen LogP contribution in [-0.4, -0.2) is 29.6 Å². The zero-order valence-electron chi connectivity index (χ0n) is 7.97. The van der Waals surface area contributed by atoms with Crippen molar-refractivity contribution < 1.29 is 0 Å². The highest BCUT2D eigenvalue weighted by Gasteiger charge is 2.16. The normalized spacial score (nSPS) is 17.8. The van der Waals surface area contributed by atoms with Gasteiger partial charge in [-0.15, -0.1) is 0 Å². The summed E-state index contributed by atoms with van der Waals surface area (Å²) < 4.78 is 0. The van der Waals surface area contributed by atoms with Gasteiger partial charge in [0.1, 0.15) is 0 Å². The monoisotopic (exact) mass is 186 g/mol. The van der Waals surface area contributed by atoms with Crippen molar-refractivity contribution in [1.29, 1.82) is 0 Å². The fourth-order valence-electron chi connectivity index (χ4n) is 1.50. The molecular weight excluding hydrogens is 168 g/mol. The van der Waals surface area contributed by atoms with Crippen LogP contribution in [0.5, 0.6) is 0 Å². The Labute approximate surface area is 80.3 Å². The van der Waals surface area contributed by atoms with E-state index in [1.807, 2.05) is 7.05 Å². The number of thiocarbonyl (C=S) groups is 1. The van der Waals surface area contributed by atoms with E-state index in [9.17, 15) is 0 Å². The molecule has 1 rings (SSSR count). The van der Waals surface area contributed by atoms with E-state index in [1.165, 1.54) is 25.7 Å². The molecule has 0 bridgehead atoms. The molecule has 0 spiro atoms. The molecule has 0 aliphatic heterocycles. The van der Waals surface area contributed by atoms with E-state index < -0.39 is 0 Å². The maximum Gasteiger partial charge on any atom is 0.168 e. The van der Waals surface area contributed by atoms with Crippen LogP contribution in [0.1, 0.15) is 32.6 Å². The highest BCUT2D eigenvalue weighted by molar-refractivity contribution is 7.80. The average molecular weight is 186 g/mol. The molecule has 1 fully saturated rings. The zero-order chi connectivity index (χ0) is 8.97. The summed E-state index contributed by atoms with van der Waals surface area (Å²) in [6.45, 7) is 3.10. The molecular formula is C9H18N2S. The van der Waals surface area contributed by atoms with Crippen molar-refractivity contribution in [3.8, 4) is 0 Å². The summed E-state index contributed by atoms with van der Waals surface area (Å²) in [7, 11) is 2.03. The van der Waals surface area contributed by atoms with Gasteiger partial charge < -0.3 is 10.2 Å². The number of rotatable bonds is 2. The number of hydrogen-bond acceptors (Lipinski definition) is 1. The molecule has 3 heteroatoms. The zero-order valence-corrected chi connectivity index (χ0v) is 8.78. The van der Waals surface area contributed by atoms with Crippen LogP contribution in [0.2, 0.25) is 0 Å². The van der Waals surface area contributed by atoms with Gasteiger partial charge in [0.25, 0.3) is 0 Å². The summed E-state index contributed by atoms with van der Waals surface area (Å²) in [6.07, 6.45) is 5.29. The Bertz CT molecular complexity index is 153. The summed E-state index contributed by atoms with van der Waals surface area (Å²) in [5.41, 5.74) is 0. The molecule has 0 saturated heterocycles. The highest BCUT2D eigenvalue weighted by atomic mass is 32.1. The average Bonchev–Trinajstić information content (AvgIpc) is 2.55. The lowest BCUT2D eigenvalue weighted by Gasteiger charge is -2.22. The third-order valence-electron chi connectivity index (χ3n) is 2.50. The number of nitrogens with zero attached hydrogens (tertiary/aromatic N) is 1. The standard InChI is InChI=1S/C9H18N2S/c1-3-11(2)9(12)10-8-6-4-5-7-8/h8H,3-7H2,1-2H3,(H,10,12). The van der Waals surface area contributed by atoms with Crippen molar-refractivity contribution in [2.75, 3.05) is 13.6 Å². The molecule has 2 nitrogen and oxygen atoms in total. The first-order valence-corrected chi connectivity index (χ1v) is 5.16.